The molecule has 1 aliphatic heterocycles. The van der Waals surface area contributed by atoms with Crippen LogP contribution in [0.2, 0.25) is 0 Å². The van der Waals surface area contributed by atoms with Gasteiger partial charge in [0.05, 0.1) is 25.5 Å². The number of non-ortho nitro benzene ring substituents is 1. The van der Waals surface area contributed by atoms with E-state index in [1.165, 1.54) is 23.2 Å². The number of carbonyl (C=O) groups is 1. The number of phenols is 1. The number of hydrazone groups is 1. The highest BCUT2D eigenvalue weighted by atomic mass is 127. The lowest BCUT2D eigenvalue weighted by Gasteiger charge is -2.11. The van der Waals surface area contributed by atoms with Crippen LogP contribution in [0.5, 0.6) is 5.75 Å². The number of benzene rings is 2. The lowest BCUT2D eigenvalue weighted by atomic mass is 10.1. The summed E-state index contributed by atoms with van der Waals surface area (Å²) in [5.41, 5.74) is 1.40. The van der Waals surface area contributed by atoms with E-state index in [1.54, 1.807) is 31.2 Å². The molecular weight excluding hydrogens is 437 g/mol. The monoisotopic (exact) mass is 449 g/mol. The number of carbonyl (C=O) groups excluding carboxylic acids is 1. The molecule has 8 heteroatoms. The van der Waals surface area contributed by atoms with Crippen LogP contribution in [-0.2, 0) is 4.79 Å². The van der Waals surface area contributed by atoms with E-state index >= 15 is 0 Å². The molecule has 0 aromatic heterocycles. The summed E-state index contributed by atoms with van der Waals surface area (Å²) >= 11 is 1.81. The van der Waals surface area contributed by atoms with Gasteiger partial charge < -0.3 is 5.11 Å². The second-order valence-corrected chi connectivity index (χ2v) is 6.48. The van der Waals surface area contributed by atoms with Gasteiger partial charge in [-0.2, -0.15) is 10.1 Å². The first-order valence-corrected chi connectivity index (χ1v) is 8.30. The van der Waals surface area contributed by atoms with E-state index in [2.05, 4.69) is 5.10 Å². The number of nitro groups is 1. The molecule has 0 aliphatic carbocycles. The molecule has 2 aromatic rings. The van der Waals surface area contributed by atoms with Crippen molar-refractivity contribution in [3.63, 3.8) is 0 Å². The van der Waals surface area contributed by atoms with Crippen LogP contribution in [0.25, 0.3) is 6.08 Å². The first-order valence-electron chi connectivity index (χ1n) is 7.22. The van der Waals surface area contributed by atoms with Crippen molar-refractivity contribution < 1.29 is 14.8 Å². The lowest BCUT2D eigenvalue weighted by molar-refractivity contribution is -0.385. The van der Waals surface area contributed by atoms with E-state index in [9.17, 15) is 20.0 Å². The van der Waals surface area contributed by atoms with Crippen LogP contribution in [0.1, 0.15) is 12.5 Å². The first kappa shape index (κ1) is 17.1. The van der Waals surface area contributed by atoms with Crippen molar-refractivity contribution in [3.8, 4) is 5.75 Å². The molecule has 0 atom stereocenters. The van der Waals surface area contributed by atoms with Crippen LogP contribution in [0.4, 0.5) is 11.4 Å². The second kappa shape index (κ2) is 6.63. The van der Waals surface area contributed by atoms with E-state index in [0.29, 0.717) is 15.0 Å². The Morgan fingerprint density at radius 1 is 1.28 bits per heavy atom. The number of phenolic OH excluding ortho intramolecular Hbond substituents is 1. The van der Waals surface area contributed by atoms with Crippen molar-refractivity contribution in [1.29, 1.82) is 0 Å². The molecule has 25 heavy (non-hydrogen) atoms. The molecular formula is C17H12IN3O4. The number of hydrogen-bond donors (Lipinski definition) is 1. The molecule has 0 bridgehead atoms. The summed E-state index contributed by atoms with van der Waals surface area (Å²) in [6.45, 7) is 1.67. The van der Waals surface area contributed by atoms with Crippen molar-refractivity contribution in [3.05, 3.63) is 67.3 Å². The molecule has 1 N–H and O–H groups in total. The number of aromatic hydroxyl groups is 1. The lowest BCUT2D eigenvalue weighted by Crippen LogP contribution is -2.21. The summed E-state index contributed by atoms with van der Waals surface area (Å²) in [4.78, 5) is 23.1. The molecule has 1 amide bonds. The zero-order valence-electron chi connectivity index (χ0n) is 13.0. The van der Waals surface area contributed by atoms with Gasteiger partial charge in [0, 0.05) is 17.7 Å². The van der Waals surface area contributed by atoms with Crippen LogP contribution >= 0.6 is 22.6 Å². The van der Waals surface area contributed by atoms with Crippen LogP contribution in [0, 0.1) is 13.7 Å². The average molecular weight is 449 g/mol. The van der Waals surface area contributed by atoms with Gasteiger partial charge in [-0.05, 0) is 47.7 Å². The highest BCUT2D eigenvalue weighted by molar-refractivity contribution is 14.1. The summed E-state index contributed by atoms with van der Waals surface area (Å²) in [5, 5.41) is 26.7. The number of halogens is 1. The Kier molecular flexibility index (Phi) is 4.53. The number of nitrogens with zero attached hydrogens (tertiary/aromatic N) is 3. The maximum Gasteiger partial charge on any atom is 0.280 e. The van der Waals surface area contributed by atoms with Gasteiger partial charge in [0.1, 0.15) is 5.75 Å². The minimum absolute atomic E-state index is 0.113. The van der Waals surface area contributed by atoms with Crippen molar-refractivity contribution >= 4 is 51.7 Å². The summed E-state index contributed by atoms with van der Waals surface area (Å²) in [6, 6.07) is 11.4. The fourth-order valence-electron chi connectivity index (χ4n) is 2.40. The van der Waals surface area contributed by atoms with Gasteiger partial charge >= 0.3 is 0 Å². The molecule has 2 aromatic carbocycles. The molecule has 0 unspecified atom stereocenters. The highest BCUT2D eigenvalue weighted by Crippen LogP contribution is 2.33. The van der Waals surface area contributed by atoms with Gasteiger partial charge in [0.25, 0.3) is 11.6 Å². The van der Waals surface area contributed by atoms with Gasteiger partial charge in [-0.15, -0.1) is 0 Å². The van der Waals surface area contributed by atoms with Crippen LogP contribution in [0.3, 0.4) is 0 Å². The van der Waals surface area contributed by atoms with Crippen LogP contribution < -0.4 is 5.01 Å². The number of para-hydroxylation sites is 1. The quantitative estimate of drug-likeness (QED) is 0.335. The highest BCUT2D eigenvalue weighted by Gasteiger charge is 2.29. The van der Waals surface area contributed by atoms with E-state index in [4.69, 9.17) is 0 Å². The minimum Gasteiger partial charge on any atom is -0.506 e. The molecule has 0 spiro atoms. The number of hydrogen-bond acceptors (Lipinski definition) is 5. The third kappa shape index (κ3) is 3.25. The smallest absolute Gasteiger partial charge is 0.280 e. The number of nitro benzene ring substituents is 1. The first-order chi connectivity index (χ1) is 11.9. The molecule has 3 rings (SSSR count). The average Bonchev–Trinajstić information content (AvgIpc) is 2.87. The Hall–Kier alpha value is -2.75. The molecule has 0 saturated heterocycles. The van der Waals surface area contributed by atoms with E-state index in [1.807, 2.05) is 28.7 Å². The van der Waals surface area contributed by atoms with Crippen molar-refractivity contribution in [1.82, 2.24) is 0 Å². The van der Waals surface area contributed by atoms with Gasteiger partial charge in [0.15, 0.2) is 0 Å². The molecule has 7 nitrogen and oxygen atoms in total. The van der Waals surface area contributed by atoms with Crippen molar-refractivity contribution in [2.75, 3.05) is 5.01 Å². The van der Waals surface area contributed by atoms with Crippen LogP contribution in [-0.4, -0.2) is 21.6 Å². The van der Waals surface area contributed by atoms with E-state index in [-0.39, 0.29) is 28.5 Å². The topological polar surface area (TPSA) is 96.0 Å². The minimum atomic E-state index is -0.544. The number of rotatable bonds is 3. The fourth-order valence-corrected chi connectivity index (χ4v) is 3.04. The van der Waals surface area contributed by atoms with E-state index < -0.39 is 4.92 Å². The Labute approximate surface area is 156 Å². The molecule has 0 fully saturated rings. The fraction of sp³-hybridized carbons (Fsp3) is 0.0588. The van der Waals surface area contributed by atoms with Gasteiger partial charge in [-0.1, -0.05) is 18.2 Å². The van der Waals surface area contributed by atoms with Gasteiger partial charge in [0.2, 0.25) is 0 Å². The van der Waals surface area contributed by atoms with Gasteiger partial charge in [-0.25, -0.2) is 0 Å². The standard InChI is InChI=1S/C17H12IN3O4/c1-10-14(17(23)20(19-10)12-5-3-2-4-6-12)8-11-7-13(21(24)25)9-15(18)16(11)22/h2-9,22H,1H3/b14-8+. The van der Waals surface area contributed by atoms with Crippen molar-refractivity contribution in [2.45, 2.75) is 6.92 Å². The Morgan fingerprint density at radius 3 is 2.60 bits per heavy atom. The Morgan fingerprint density at radius 2 is 1.96 bits per heavy atom. The molecule has 0 saturated carbocycles. The number of anilines is 1. The zero-order chi connectivity index (χ0) is 18.1. The summed E-state index contributed by atoms with van der Waals surface area (Å²) in [7, 11) is 0. The normalized spacial score (nSPS) is 15.6. The van der Waals surface area contributed by atoms with Crippen LogP contribution in [0.15, 0.2) is 53.1 Å². The largest absolute Gasteiger partial charge is 0.506 e. The van der Waals surface area contributed by atoms with Gasteiger partial charge in [-0.3, -0.25) is 14.9 Å². The number of amides is 1. The SMILES string of the molecule is CC1=NN(c2ccccc2)C(=O)/C1=C/c1cc([N+](=O)[O-])cc(I)c1O. The summed E-state index contributed by atoms with van der Waals surface area (Å²) < 4.78 is 0.332. The Balaban J connectivity index is 2.04. The molecule has 1 heterocycles. The third-order valence-electron chi connectivity index (χ3n) is 3.65. The third-order valence-corrected chi connectivity index (χ3v) is 4.47. The molecule has 0 radical (unpaired) electrons. The summed E-state index contributed by atoms with van der Waals surface area (Å²) in [5.74, 6) is -0.470. The summed E-state index contributed by atoms with van der Waals surface area (Å²) in [6.07, 6.45) is 1.43. The predicted molar refractivity (Wildman–Crippen MR) is 102 cm³/mol. The Bertz CT molecular complexity index is 938. The maximum absolute atomic E-state index is 12.7. The zero-order valence-corrected chi connectivity index (χ0v) is 15.2. The second-order valence-electron chi connectivity index (χ2n) is 5.32. The predicted octanol–water partition coefficient (Wildman–Crippen LogP) is 3.71. The maximum atomic E-state index is 12.7. The molecule has 126 valence electrons. The van der Waals surface area contributed by atoms with Crippen molar-refractivity contribution in [2.24, 2.45) is 5.10 Å². The molecule has 1 aliphatic rings. The van der Waals surface area contributed by atoms with E-state index in [0.717, 1.165) is 0 Å².